The van der Waals surface area contributed by atoms with Gasteiger partial charge in [0.15, 0.2) is 0 Å². The van der Waals surface area contributed by atoms with Crippen LogP contribution in [0.25, 0.3) is 0 Å². The third kappa shape index (κ3) is 6.58. The Labute approximate surface area is 208 Å². The van der Waals surface area contributed by atoms with Gasteiger partial charge < -0.3 is 20.0 Å². The molecule has 0 aliphatic heterocycles. The number of hydrogen-bond acceptors (Lipinski definition) is 4. The topological polar surface area (TPSA) is 113 Å². The highest BCUT2D eigenvalue weighted by Crippen LogP contribution is 2.42. The van der Waals surface area contributed by atoms with Gasteiger partial charge in [0.25, 0.3) is 5.91 Å². The lowest BCUT2D eigenvalue weighted by molar-refractivity contribution is -0.138. The van der Waals surface area contributed by atoms with Crippen molar-refractivity contribution in [2.75, 3.05) is 6.54 Å². The summed E-state index contributed by atoms with van der Waals surface area (Å²) < 4.78 is 6.62. The van der Waals surface area contributed by atoms with E-state index in [2.05, 4.69) is 46.9 Å². The number of carbonyl (C=O) groups excluding carboxylic acids is 1. The maximum absolute atomic E-state index is 12.5. The Morgan fingerprint density at radius 3 is 1.80 bits per heavy atom. The van der Waals surface area contributed by atoms with E-state index in [4.69, 9.17) is 4.43 Å². The molecule has 2 aromatic carbocycles. The van der Waals surface area contributed by atoms with Crippen molar-refractivity contribution in [2.45, 2.75) is 70.7 Å². The van der Waals surface area contributed by atoms with Gasteiger partial charge in [0.05, 0.1) is 23.7 Å². The van der Waals surface area contributed by atoms with Gasteiger partial charge in [-0.2, -0.15) is 0 Å². The maximum atomic E-state index is 12.5. The van der Waals surface area contributed by atoms with Crippen molar-refractivity contribution in [3.63, 3.8) is 0 Å². The molecule has 2 aromatic rings. The van der Waals surface area contributed by atoms with Gasteiger partial charge in [-0.3, -0.25) is 9.59 Å². The molecule has 0 heterocycles. The van der Waals surface area contributed by atoms with Crippen LogP contribution in [0.1, 0.15) is 79.3 Å². The van der Waals surface area contributed by atoms with Crippen molar-refractivity contribution in [3.8, 4) is 0 Å². The highest BCUT2D eigenvalue weighted by molar-refractivity contribution is 6.77. The van der Waals surface area contributed by atoms with Crippen LogP contribution >= 0.6 is 0 Å². The van der Waals surface area contributed by atoms with Crippen LogP contribution in [0.15, 0.2) is 48.5 Å². The predicted octanol–water partition coefficient (Wildman–Crippen LogP) is 5.68. The fourth-order valence-corrected chi connectivity index (χ4v) is 10.5. The van der Waals surface area contributed by atoms with E-state index in [-0.39, 0.29) is 17.7 Å². The molecular formula is C27H37NO6Si. The van der Waals surface area contributed by atoms with Gasteiger partial charge in [0.2, 0.25) is 8.32 Å². The zero-order valence-corrected chi connectivity index (χ0v) is 22.4. The monoisotopic (exact) mass is 499 g/mol. The number of benzene rings is 2. The third-order valence-electron chi connectivity index (χ3n) is 6.74. The molecule has 0 spiro atoms. The van der Waals surface area contributed by atoms with Crippen molar-refractivity contribution in [1.29, 1.82) is 0 Å². The molecule has 7 nitrogen and oxygen atoms in total. The van der Waals surface area contributed by atoms with Crippen molar-refractivity contribution in [1.82, 2.24) is 5.32 Å². The smallest absolute Gasteiger partial charge is 0.336 e. The molecule has 8 heteroatoms. The lowest BCUT2D eigenvalue weighted by Gasteiger charge is -2.42. The lowest BCUT2D eigenvalue weighted by Crippen LogP contribution is -2.47. The van der Waals surface area contributed by atoms with Crippen LogP contribution in [0.4, 0.5) is 0 Å². The van der Waals surface area contributed by atoms with Gasteiger partial charge >= 0.3 is 11.9 Å². The number of carboxylic acids is 2. The van der Waals surface area contributed by atoms with Crippen LogP contribution in [0.2, 0.25) is 16.6 Å². The number of hydrogen-bond donors (Lipinski definition) is 3. The van der Waals surface area contributed by atoms with Gasteiger partial charge in [0, 0.05) is 6.54 Å². The number of carbonyl (C=O) groups is 3. The number of aliphatic carboxylic acids is 1. The molecule has 0 aromatic heterocycles. The molecule has 0 saturated heterocycles. The molecule has 0 fully saturated rings. The first-order valence-electron chi connectivity index (χ1n) is 12.0. The van der Waals surface area contributed by atoms with Gasteiger partial charge in [-0.1, -0.05) is 77.9 Å². The average Bonchev–Trinajstić information content (AvgIpc) is 2.79. The maximum Gasteiger partial charge on any atom is 0.336 e. The van der Waals surface area contributed by atoms with E-state index < -0.39 is 32.1 Å². The van der Waals surface area contributed by atoms with E-state index in [9.17, 15) is 24.6 Å². The number of aromatic carboxylic acids is 1. The zero-order chi connectivity index (χ0) is 26.3. The lowest BCUT2D eigenvalue weighted by atomic mass is 9.97. The second kappa shape index (κ2) is 12.1. The number of amides is 1. The first kappa shape index (κ1) is 28.3. The zero-order valence-electron chi connectivity index (χ0n) is 21.4. The molecule has 35 heavy (non-hydrogen) atoms. The average molecular weight is 500 g/mol. The summed E-state index contributed by atoms with van der Waals surface area (Å²) in [4.78, 5) is 35.8. The molecule has 0 aliphatic carbocycles. The van der Waals surface area contributed by atoms with E-state index in [0.29, 0.717) is 28.8 Å². The molecular weight excluding hydrogens is 462 g/mol. The van der Waals surface area contributed by atoms with Crippen LogP contribution < -0.4 is 5.32 Å². The van der Waals surface area contributed by atoms with E-state index in [1.807, 2.05) is 12.1 Å². The number of nitrogens with one attached hydrogen (secondary N) is 1. The molecule has 2 rings (SSSR count). The normalized spacial score (nSPS) is 12.7. The summed E-state index contributed by atoms with van der Waals surface area (Å²) in [6.45, 7) is 13.7. The fraction of sp³-hybridized carbons (Fsp3) is 0.444. The van der Waals surface area contributed by atoms with Gasteiger partial charge in [0.1, 0.15) is 0 Å². The molecule has 0 bridgehead atoms. The van der Waals surface area contributed by atoms with Gasteiger partial charge in [-0.25, -0.2) is 4.79 Å². The third-order valence-corrected chi connectivity index (χ3v) is 12.8. The van der Waals surface area contributed by atoms with Gasteiger partial charge in [-0.15, -0.1) is 0 Å². The van der Waals surface area contributed by atoms with Crippen LogP contribution in [0.3, 0.4) is 0 Å². The summed E-state index contributed by atoms with van der Waals surface area (Å²) in [5.41, 5.74) is 2.77. The number of carboxylic acid groups (broad SMARTS) is 2. The number of rotatable bonds is 12. The summed E-state index contributed by atoms with van der Waals surface area (Å²) in [6.07, 6.45) is 0. The van der Waals surface area contributed by atoms with Crippen LogP contribution in [0.5, 0.6) is 0 Å². The molecule has 0 radical (unpaired) electrons. The first-order chi connectivity index (χ1) is 16.4. The largest absolute Gasteiger partial charge is 0.481 e. The Hall–Kier alpha value is -2.97. The summed E-state index contributed by atoms with van der Waals surface area (Å²) >= 11 is 0. The van der Waals surface area contributed by atoms with E-state index in [1.165, 1.54) is 18.2 Å². The molecule has 3 N–H and O–H groups in total. The minimum atomic E-state index is -2.02. The van der Waals surface area contributed by atoms with Gasteiger partial charge in [-0.05, 0) is 39.9 Å². The van der Waals surface area contributed by atoms with Crippen LogP contribution in [-0.4, -0.2) is 42.9 Å². The Bertz CT molecular complexity index is 1010. The fourth-order valence-electron chi connectivity index (χ4n) is 5.06. The second-order valence-electron chi connectivity index (χ2n) is 9.80. The molecule has 0 unspecified atom stereocenters. The molecule has 0 aliphatic rings. The standard InChI is InChI=1S/C27H37NO6Si/c1-17(2)35(18(3)4,19(5)6)34-16-20-11-13-21(14-12-20)24(27(32)33)15-28-25(29)22-9-7-8-10-23(22)26(30)31/h7-14,17-19,24H,15-16H2,1-6H3,(H,28,29)(H,30,31)(H,32,33)/t24-/m1/s1. The summed E-state index contributed by atoms with van der Waals surface area (Å²) in [5, 5.41) is 21.6. The summed E-state index contributed by atoms with van der Waals surface area (Å²) in [6, 6.07) is 13.1. The SMILES string of the molecule is CC(C)[Si](OCc1ccc([C@@H](CNC(=O)c2ccccc2C(=O)O)C(=O)O)cc1)(C(C)C)C(C)C. The summed E-state index contributed by atoms with van der Waals surface area (Å²) in [7, 11) is -2.02. The van der Waals surface area contributed by atoms with E-state index in [0.717, 1.165) is 5.56 Å². The molecule has 1 amide bonds. The minimum absolute atomic E-state index is 0.00950. The Balaban J connectivity index is 2.13. The highest BCUT2D eigenvalue weighted by atomic mass is 28.4. The van der Waals surface area contributed by atoms with Crippen molar-refractivity contribution >= 4 is 26.2 Å². The highest BCUT2D eigenvalue weighted by Gasteiger charge is 2.44. The first-order valence-corrected chi connectivity index (χ1v) is 14.1. The molecule has 190 valence electrons. The van der Waals surface area contributed by atoms with Crippen LogP contribution in [-0.2, 0) is 15.8 Å². The van der Waals surface area contributed by atoms with Crippen LogP contribution in [0, 0.1) is 0 Å². The molecule has 1 atom stereocenters. The Morgan fingerprint density at radius 1 is 0.829 bits per heavy atom. The van der Waals surface area contributed by atoms with E-state index >= 15 is 0 Å². The quantitative estimate of drug-likeness (QED) is 0.324. The minimum Gasteiger partial charge on any atom is -0.481 e. The molecule has 0 saturated carbocycles. The Morgan fingerprint density at radius 2 is 1.34 bits per heavy atom. The Kier molecular flexibility index (Phi) is 9.79. The van der Waals surface area contributed by atoms with Crippen molar-refractivity contribution < 1.29 is 29.0 Å². The van der Waals surface area contributed by atoms with Crippen molar-refractivity contribution in [2.24, 2.45) is 0 Å². The predicted molar refractivity (Wildman–Crippen MR) is 138 cm³/mol. The second-order valence-corrected chi connectivity index (χ2v) is 15.3. The summed E-state index contributed by atoms with van der Waals surface area (Å²) in [5.74, 6) is -3.90. The van der Waals surface area contributed by atoms with Crippen molar-refractivity contribution in [3.05, 3.63) is 70.8 Å². The van der Waals surface area contributed by atoms with E-state index in [1.54, 1.807) is 18.2 Å².